The molecule has 0 aliphatic heterocycles. The third-order valence-corrected chi connectivity index (χ3v) is 6.23. The maximum atomic E-state index is 12.9. The topological polar surface area (TPSA) is 110 Å². The summed E-state index contributed by atoms with van der Waals surface area (Å²) in [5, 5.41) is 3.22. The number of halogens is 1. The standard InChI is InChI=1S/C20H26N4O3.ClH/c1-2-24-16-7-6-13(10-15(16)22-19(26)20(24)27)18(25)23-17-11-4-3-5-12(17)9-14(21)8-11;/h6-7,10-12,14,17H,2-5,8-9,21H2,1H3,(H,22,26)(H,23,25);1H. The van der Waals surface area contributed by atoms with E-state index >= 15 is 0 Å². The summed E-state index contributed by atoms with van der Waals surface area (Å²) in [6, 6.07) is 5.51. The first-order valence-electron chi connectivity index (χ1n) is 9.81. The molecule has 0 spiro atoms. The fourth-order valence-corrected chi connectivity index (χ4v) is 4.99. The largest absolute Gasteiger partial charge is 0.349 e. The van der Waals surface area contributed by atoms with Crippen molar-refractivity contribution in [2.45, 2.75) is 57.7 Å². The molecule has 1 heterocycles. The Hall–Kier alpha value is -2.12. The number of amides is 1. The summed E-state index contributed by atoms with van der Waals surface area (Å²) in [5.74, 6) is 0.758. The summed E-state index contributed by atoms with van der Waals surface area (Å²) < 4.78 is 1.42. The number of benzene rings is 1. The van der Waals surface area contributed by atoms with E-state index < -0.39 is 11.1 Å². The van der Waals surface area contributed by atoms with Gasteiger partial charge in [-0.3, -0.25) is 14.4 Å². The van der Waals surface area contributed by atoms with Gasteiger partial charge in [0.15, 0.2) is 0 Å². The number of nitrogens with two attached hydrogens (primary N) is 1. The number of fused-ring (bicyclic) bond motifs is 3. The number of hydrogen-bond donors (Lipinski definition) is 3. The molecule has 1 aromatic carbocycles. The molecule has 8 heteroatoms. The minimum atomic E-state index is -0.669. The van der Waals surface area contributed by atoms with Crippen molar-refractivity contribution < 1.29 is 4.79 Å². The summed E-state index contributed by atoms with van der Waals surface area (Å²) in [6.07, 6.45) is 5.37. The molecule has 152 valence electrons. The van der Waals surface area contributed by atoms with Crippen molar-refractivity contribution >= 4 is 29.3 Å². The smallest absolute Gasteiger partial charge is 0.316 e. The first kappa shape index (κ1) is 20.6. The molecule has 1 amide bonds. The van der Waals surface area contributed by atoms with Gasteiger partial charge in [-0.1, -0.05) is 6.42 Å². The van der Waals surface area contributed by atoms with E-state index in [1.54, 1.807) is 18.2 Å². The lowest BCUT2D eigenvalue weighted by atomic mass is 9.67. The van der Waals surface area contributed by atoms with Crippen molar-refractivity contribution in [1.82, 2.24) is 14.9 Å². The van der Waals surface area contributed by atoms with Crippen LogP contribution in [0, 0.1) is 11.8 Å². The Morgan fingerprint density at radius 2 is 1.93 bits per heavy atom. The van der Waals surface area contributed by atoms with Gasteiger partial charge in [0.1, 0.15) is 0 Å². The molecule has 2 fully saturated rings. The molecule has 0 saturated heterocycles. The highest BCUT2D eigenvalue weighted by molar-refractivity contribution is 5.97. The Balaban J connectivity index is 0.00000225. The molecule has 2 aliphatic rings. The number of hydrogen-bond acceptors (Lipinski definition) is 4. The van der Waals surface area contributed by atoms with Crippen molar-refractivity contribution in [2.75, 3.05) is 0 Å². The van der Waals surface area contributed by atoms with E-state index in [1.807, 2.05) is 6.92 Å². The molecule has 2 unspecified atom stereocenters. The second kappa shape index (κ2) is 8.09. The molecule has 2 atom stereocenters. The lowest BCUT2D eigenvalue weighted by Crippen LogP contribution is -2.53. The van der Waals surface area contributed by atoms with Crippen LogP contribution in [0.1, 0.15) is 49.4 Å². The Labute approximate surface area is 169 Å². The molecule has 2 bridgehead atoms. The van der Waals surface area contributed by atoms with Crippen LogP contribution in [0.5, 0.6) is 0 Å². The number of rotatable bonds is 3. The van der Waals surface area contributed by atoms with Crippen LogP contribution in [0.15, 0.2) is 27.8 Å². The summed E-state index contributed by atoms with van der Waals surface area (Å²) in [5.41, 5.74) is 6.54. The summed E-state index contributed by atoms with van der Waals surface area (Å²) >= 11 is 0. The van der Waals surface area contributed by atoms with Crippen LogP contribution in [0.25, 0.3) is 11.0 Å². The number of aryl methyl sites for hydroxylation is 1. The van der Waals surface area contributed by atoms with E-state index in [9.17, 15) is 14.4 Å². The highest BCUT2D eigenvalue weighted by Crippen LogP contribution is 2.39. The first-order chi connectivity index (χ1) is 13.0. The number of aromatic nitrogens is 2. The van der Waals surface area contributed by atoms with E-state index in [0.29, 0.717) is 35.0 Å². The molecule has 7 nitrogen and oxygen atoms in total. The van der Waals surface area contributed by atoms with Gasteiger partial charge in [-0.25, -0.2) is 0 Å². The number of aromatic amines is 1. The maximum Gasteiger partial charge on any atom is 0.316 e. The highest BCUT2D eigenvalue weighted by atomic mass is 35.5. The number of nitrogens with zero attached hydrogens (tertiary/aromatic N) is 1. The van der Waals surface area contributed by atoms with Crippen molar-refractivity contribution in [1.29, 1.82) is 0 Å². The van der Waals surface area contributed by atoms with E-state index in [-0.39, 0.29) is 30.4 Å². The lowest BCUT2D eigenvalue weighted by molar-refractivity contribution is 0.0756. The van der Waals surface area contributed by atoms with E-state index in [2.05, 4.69) is 10.3 Å². The highest BCUT2D eigenvalue weighted by Gasteiger charge is 2.39. The average molecular weight is 407 g/mol. The Kier molecular flexibility index (Phi) is 5.95. The first-order valence-corrected chi connectivity index (χ1v) is 9.81. The molecule has 1 aromatic heterocycles. The number of H-pyrrole nitrogens is 1. The van der Waals surface area contributed by atoms with Gasteiger partial charge in [-0.15, -0.1) is 12.4 Å². The second-order valence-corrected chi connectivity index (χ2v) is 7.92. The summed E-state index contributed by atoms with van der Waals surface area (Å²) in [4.78, 5) is 39.3. The normalized spacial score (nSPS) is 26.5. The van der Waals surface area contributed by atoms with Crippen LogP contribution >= 0.6 is 12.4 Å². The van der Waals surface area contributed by atoms with Crippen LogP contribution in [0.2, 0.25) is 0 Å². The van der Waals surface area contributed by atoms with Crippen LogP contribution in [-0.2, 0) is 6.54 Å². The van der Waals surface area contributed by atoms with Crippen LogP contribution < -0.4 is 22.2 Å². The monoisotopic (exact) mass is 406 g/mol. The lowest BCUT2D eigenvalue weighted by Gasteiger charge is -2.45. The van der Waals surface area contributed by atoms with Gasteiger partial charge in [0, 0.05) is 24.2 Å². The molecule has 28 heavy (non-hydrogen) atoms. The SMILES string of the molecule is CCn1c(=O)c(=O)[nH]c2cc(C(=O)NC3C4CCCC3CC(N)C4)ccc21.Cl. The van der Waals surface area contributed by atoms with Gasteiger partial charge in [-0.2, -0.15) is 0 Å². The Morgan fingerprint density at radius 1 is 1.25 bits per heavy atom. The number of nitrogens with one attached hydrogen (secondary N) is 2. The zero-order valence-electron chi connectivity index (χ0n) is 15.9. The van der Waals surface area contributed by atoms with Crippen LogP contribution in [-0.4, -0.2) is 27.5 Å². The summed E-state index contributed by atoms with van der Waals surface area (Å²) in [7, 11) is 0. The predicted molar refractivity (Wildman–Crippen MR) is 111 cm³/mol. The van der Waals surface area contributed by atoms with E-state index in [0.717, 1.165) is 25.7 Å². The minimum absolute atomic E-state index is 0. The molecule has 2 saturated carbocycles. The van der Waals surface area contributed by atoms with E-state index in [4.69, 9.17) is 5.73 Å². The Morgan fingerprint density at radius 3 is 2.57 bits per heavy atom. The Bertz CT molecular complexity index is 985. The molecule has 4 rings (SSSR count). The maximum absolute atomic E-state index is 12.9. The van der Waals surface area contributed by atoms with Gasteiger partial charge < -0.3 is 20.6 Å². The van der Waals surface area contributed by atoms with E-state index in [1.165, 1.54) is 11.0 Å². The molecule has 0 radical (unpaired) electrons. The molecular weight excluding hydrogens is 380 g/mol. The fraction of sp³-hybridized carbons (Fsp3) is 0.550. The van der Waals surface area contributed by atoms with Crippen molar-refractivity contribution in [3.63, 3.8) is 0 Å². The quantitative estimate of drug-likeness (QED) is 0.674. The van der Waals surface area contributed by atoms with Gasteiger partial charge in [0.05, 0.1) is 11.0 Å². The van der Waals surface area contributed by atoms with Gasteiger partial charge in [0.2, 0.25) is 0 Å². The number of carbonyl (C=O) groups is 1. The second-order valence-electron chi connectivity index (χ2n) is 7.92. The van der Waals surface area contributed by atoms with Crippen molar-refractivity contribution in [2.24, 2.45) is 17.6 Å². The predicted octanol–water partition coefficient (Wildman–Crippen LogP) is 1.77. The summed E-state index contributed by atoms with van der Waals surface area (Å²) in [6.45, 7) is 2.21. The molecule has 2 aliphatic carbocycles. The molecule has 2 aromatic rings. The van der Waals surface area contributed by atoms with Crippen LogP contribution in [0.4, 0.5) is 0 Å². The third-order valence-electron chi connectivity index (χ3n) is 6.23. The van der Waals surface area contributed by atoms with Gasteiger partial charge >= 0.3 is 11.1 Å². The van der Waals surface area contributed by atoms with Gasteiger partial charge in [-0.05, 0) is 62.6 Å². The van der Waals surface area contributed by atoms with Crippen molar-refractivity contribution in [3.05, 3.63) is 44.5 Å². The number of carbonyl (C=O) groups excluding carboxylic acids is 1. The fourth-order valence-electron chi connectivity index (χ4n) is 4.99. The van der Waals surface area contributed by atoms with Crippen molar-refractivity contribution in [3.8, 4) is 0 Å². The third kappa shape index (κ3) is 3.61. The van der Waals surface area contributed by atoms with Gasteiger partial charge in [0.25, 0.3) is 5.91 Å². The minimum Gasteiger partial charge on any atom is -0.349 e. The van der Waals surface area contributed by atoms with Crippen LogP contribution in [0.3, 0.4) is 0 Å². The zero-order valence-corrected chi connectivity index (χ0v) is 16.8. The molecular formula is C20H27ClN4O3. The zero-order chi connectivity index (χ0) is 19.1. The average Bonchev–Trinajstić information content (AvgIpc) is 2.63. The molecule has 4 N–H and O–H groups in total.